The Hall–Kier alpha value is -4.80. The molecule has 5 rings (SSSR count). The molecule has 5 heterocycles. The first kappa shape index (κ1) is 38.4. The molecule has 10 heteroatoms. The zero-order chi connectivity index (χ0) is 37.7. The van der Waals surface area contributed by atoms with E-state index in [0.29, 0.717) is 38.8 Å². The molecular weight excluding hydrogens is 649 g/mol. The molecule has 0 fully saturated rings. The number of H-pyrrole nitrogens is 2. The number of nitrogens with zero attached hydrogens (tertiary/aromatic N) is 2. The fraction of sp³-hybridized carbons (Fsp3) is 0.429. The van der Waals surface area contributed by atoms with Gasteiger partial charge in [-0.25, -0.2) is 0 Å². The number of rotatable bonds is 14. The van der Waals surface area contributed by atoms with Gasteiger partial charge >= 0.3 is 0 Å². The number of aromatic amines is 2. The lowest BCUT2D eigenvalue weighted by atomic mass is 9.98. The third-order valence-electron chi connectivity index (χ3n) is 10.5. The van der Waals surface area contributed by atoms with Crippen molar-refractivity contribution in [3.63, 3.8) is 0 Å². The highest BCUT2D eigenvalue weighted by Gasteiger charge is 2.28. The molecule has 3 aliphatic heterocycles. The van der Waals surface area contributed by atoms with Gasteiger partial charge < -0.3 is 41.0 Å². The van der Waals surface area contributed by atoms with Gasteiger partial charge in [-0.2, -0.15) is 0 Å². The van der Waals surface area contributed by atoms with E-state index in [1.807, 2.05) is 40.3 Å². The minimum Gasteiger partial charge on any atom is -0.375 e. The number of carbonyl (C=O) groups excluding carboxylic acids is 2. The van der Waals surface area contributed by atoms with E-state index in [1.54, 1.807) is 0 Å². The molecule has 52 heavy (non-hydrogen) atoms. The van der Waals surface area contributed by atoms with Crippen molar-refractivity contribution in [3.05, 3.63) is 97.3 Å². The van der Waals surface area contributed by atoms with E-state index >= 15 is 0 Å². The average Bonchev–Trinajstić information content (AvgIpc) is 3.75. The minimum atomic E-state index is -0.0982. The van der Waals surface area contributed by atoms with Crippen LogP contribution < -0.4 is 32.0 Å². The second-order valence-corrected chi connectivity index (χ2v) is 14.7. The molecular formula is C42H58N8O2. The van der Waals surface area contributed by atoms with Crippen LogP contribution in [0.2, 0.25) is 0 Å². The third-order valence-corrected chi connectivity index (χ3v) is 10.5. The molecule has 0 aromatic carbocycles. The van der Waals surface area contributed by atoms with Crippen molar-refractivity contribution in [1.82, 2.24) is 41.0 Å². The smallest absolute Gasteiger partial charge is 0.220 e. The standard InChI is InChI=1S/C42H58N8O2/c1-11-29-25(3)33-21-34-27(5)31(13-15-41(51)43-17-19-49(7)8)39(47-34)24-40-32(14-16-42(52)44-18-20-50(9)10)28(6)36(48-40)23-38-30(12-2)26(4)35(46-38)22-37(29)45-33/h11-12,21-24,36-37,45-48H,1-2,13-20H2,3-10H3,(H,43,51)(H,44,52)/b33-21-,35-22-,38-23-,40-24-. The van der Waals surface area contributed by atoms with Crippen molar-refractivity contribution in [2.75, 3.05) is 54.4 Å². The van der Waals surface area contributed by atoms with Crippen LogP contribution in [0, 0.1) is 13.8 Å². The monoisotopic (exact) mass is 706 g/mol. The Kier molecular flexibility index (Phi) is 12.3. The lowest BCUT2D eigenvalue weighted by Gasteiger charge is -2.12. The van der Waals surface area contributed by atoms with Gasteiger partial charge in [-0.05, 0) is 132 Å². The number of amides is 2. The van der Waals surface area contributed by atoms with E-state index in [4.69, 9.17) is 0 Å². The van der Waals surface area contributed by atoms with Crippen LogP contribution in [-0.4, -0.2) is 98.0 Å². The molecule has 2 aromatic heterocycles. The van der Waals surface area contributed by atoms with E-state index in [9.17, 15) is 9.59 Å². The van der Waals surface area contributed by atoms with Crippen LogP contribution in [0.4, 0.5) is 0 Å². The summed E-state index contributed by atoms with van der Waals surface area (Å²) in [5.41, 5.74) is 12.9. The Morgan fingerprint density at radius 3 is 1.96 bits per heavy atom. The van der Waals surface area contributed by atoms with Gasteiger partial charge in [0.1, 0.15) is 0 Å². The Morgan fingerprint density at radius 2 is 1.35 bits per heavy atom. The second kappa shape index (κ2) is 16.7. The van der Waals surface area contributed by atoms with Crippen LogP contribution in [0.5, 0.6) is 0 Å². The van der Waals surface area contributed by atoms with Crippen LogP contribution in [0.25, 0.3) is 30.4 Å². The molecule has 2 atom stereocenters. The summed E-state index contributed by atoms with van der Waals surface area (Å²) in [5.74, 6) is 0.0744. The number of aromatic nitrogens is 2. The zero-order valence-electron chi connectivity index (χ0n) is 32.4. The molecule has 3 aliphatic rings. The van der Waals surface area contributed by atoms with Crippen molar-refractivity contribution in [2.45, 2.75) is 65.5 Å². The lowest BCUT2D eigenvalue weighted by Crippen LogP contribution is -2.31. The number of hydrogen-bond acceptors (Lipinski definition) is 6. The average molecular weight is 707 g/mol. The highest BCUT2D eigenvalue weighted by molar-refractivity contribution is 5.78. The van der Waals surface area contributed by atoms with E-state index in [2.05, 4.69) is 106 Å². The normalized spacial score (nSPS) is 21.3. The molecule has 6 N–H and O–H groups in total. The number of allylic oxidation sites excluding steroid dienone is 2. The number of nitrogens with one attached hydrogen (secondary N) is 6. The summed E-state index contributed by atoms with van der Waals surface area (Å²) >= 11 is 0. The van der Waals surface area contributed by atoms with Gasteiger partial charge in [0.2, 0.25) is 11.8 Å². The summed E-state index contributed by atoms with van der Waals surface area (Å²) in [6.45, 7) is 19.7. The number of likely N-dealkylation sites (N-methyl/N-ethyl adjacent to an activating group) is 2. The van der Waals surface area contributed by atoms with Crippen molar-refractivity contribution < 1.29 is 9.59 Å². The molecule has 0 radical (unpaired) electrons. The largest absolute Gasteiger partial charge is 0.375 e. The topological polar surface area (TPSA) is 120 Å². The minimum absolute atomic E-state index is 0.0356. The van der Waals surface area contributed by atoms with Gasteiger partial charge in [0, 0.05) is 78.1 Å². The molecule has 0 saturated carbocycles. The summed E-state index contributed by atoms with van der Waals surface area (Å²) in [6.07, 6.45) is 14.6. The highest BCUT2D eigenvalue weighted by atomic mass is 16.2. The van der Waals surface area contributed by atoms with Crippen LogP contribution in [0.3, 0.4) is 0 Å². The predicted octanol–water partition coefficient (Wildman–Crippen LogP) is 3.39. The van der Waals surface area contributed by atoms with E-state index in [1.165, 1.54) is 5.57 Å². The summed E-state index contributed by atoms with van der Waals surface area (Å²) in [5, 5.41) is 15.7. The maximum absolute atomic E-state index is 13.0. The molecule has 278 valence electrons. The van der Waals surface area contributed by atoms with Gasteiger partial charge in [-0.15, -0.1) is 0 Å². The van der Waals surface area contributed by atoms with Crippen LogP contribution in [-0.2, 0) is 16.0 Å². The van der Waals surface area contributed by atoms with Crippen molar-refractivity contribution >= 4 is 42.2 Å². The van der Waals surface area contributed by atoms with Gasteiger partial charge in [0.05, 0.1) is 12.1 Å². The van der Waals surface area contributed by atoms with E-state index < -0.39 is 0 Å². The van der Waals surface area contributed by atoms with Crippen molar-refractivity contribution in [2.24, 2.45) is 0 Å². The summed E-state index contributed by atoms with van der Waals surface area (Å²) in [6, 6.07) is -0.160. The van der Waals surface area contributed by atoms with Crippen LogP contribution >= 0.6 is 0 Å². The number of fused-ring (bicyclic) bond motifs is 8. The number of hydrogen-bond donors (Lipinski definition) is 6. The number of carbonyl (C=O) groups is 2. The molecule has 0 saturated heterocycles. The first-order valence-corrected chi connectivity index (χ1v) is 18.4. The highest BCUT2D eigenvalue weighted by Crippen LogP contribution is 2.34. The quantitative estimate of drug-likeness (QED) is 0.179. The van der Waals surface area contributed by atoms with Gasteiger partial charge in [0.15, 0.2) is 0 Å². The van der Waals surface area contributed by atoms with Crippen molar-refractivity contribution in [3.8, 4) is 0 Å². The molecule has 2 amide bonds. The molecule has 10 nitrogen and oxygen atoms in total. The fourth-order valence-electron chi connectivity index (χ4n) is 7.29. The first-order chi connectivity index (χ1) is 24.8. The Bertz CT molecular complexity index is 1980. The van der Waals surface area contributed by atoms with E-state index in [0.717, 1.165) is 85.5 Å². The fourth-order valence-corrected chi connectivity index (χ4v) is 7.29. The van der Waals surface area contributed by atoms with Crippen LogP contribution in [0.1, 0.15) is 66.8 Å². The maximum atomic E-state index is 13.0. The maximum Gasteiger partial charge on any atom is 0.220 e. The summed E-state index contributed by atoms with van der Waals surface area (Å²) < 4.78 is 0. The molecule has 0 spiro atoms. The molecule has 8 bridgehead atoms. The van der Waals surface area contributed by atoms with Gasteiger partial charge in [-0.3, -0.25) is 9.59 Å². The van der Waals surface area contributed by atoms with Crippen molar-refractivity contribution in [1.29, 1.82) is 0 Å². The SMILES string of the molecule is C=CC1=C(C)/C2=C/c3[nH]c(c(CCC(=O)NCCN(C)C)c3C)/C=C3\NC(/C=c4\[nH]/c(c(C)c4C=C)=C\C1N2)C(C)=C3CCC(=O)NCCN(C)C. The van der Waals surface area contributed by atoms with E-state index in [-0.39, 0.29) is 23.9 Å². The summed E-state index contributed by atoms with van der Waals surface area (Å²) in [4.78, 5) is 37.5. The van der Waals surface area contributed by atoms with Crippen LogP contribution in [0.15, 0.2) is 52.9 Å². The molecule has 2 aromatic rings. The zero-order valence-corrected chi connectivity index (χ0v) is 32.4. The second-order valence-electron chi connectivity index (χ2n) is 14.7. The Labute approximate surface area is 309 Å². The predicted molar refractivity (Wildman–Crippen MR) is 215 cm³/mol. The Morgan fingerprint density at radius 1 is 0.750 bits per heavy atom. The van der Waals surface area contributed by atoms with Gasteiger partial charge in [0.25, 0.3) is 0 Å². The Balaban J connectivity index is 1.62. The third kappa shape index (κ3) is 8.62. The van der Waals surface area contributed by atoms with Gasteiger partial charge in [-0.1, -0.05) is 25.3 Å². The first-order valence-electron chi connectivity index (χ1n) is 18.4. The lowest BCUT2D eigenvalue weighted by molar-refractivity contribution is -0.121. The molecule has 2 unspecified atom stereocenters. The molecule has 0 aliphatic carbocycles. The summed E-state index contributed by atoms with van der Waals surface area (Å²) in [7, 11) is 8.00.